The van der Waals surface area contributed by atoms with Gasteiger partial charge in [-0.1, -0.05) is 220 Å². The van der Waals surface area contributed by atoms with Gasteiger partial charge in [-0.05, 0) is 181 Å². The van der Waals surface area contributed by atoms with Gasteiger partial charge in [0, 0.05) is 37.1 Å². The first kappa shape index (κ1) is 98.8. The molecule has 4 aliphatic rings. The number of nitrogens with zero attached hydrogens (tertiary/aromatic N) is 2. The normalized spacial score (nSPS) is 16.4. The van der Waals surface area contributed by atoms with E-state index in [1.54, 1.807) is 60.7 Å². The van der Waals surface area contributed by atoms with E-state index in [0.717, 1.165) is 83.0 Å². The minimum absolute atomic E-state index is 0.0944. The highest BCUT2D eigenvalue weighted by atomic mass is 32.4. The van der Waals surface area contributed by atoms with Crippen molar-refractivity contribution in [1.82, 2.24) is 63.0 Å². The molecule has 0 saturated heterocycles. The van der Waals surface area contributed by atoms with Gasteiger partial charge in [0.15, 0.2) is 0 Å². The number of carbonyl (C=O) groups excluding carboxylic acids is 15. The molecule has 10 atom stereocenters. The first-order chi connectivity index (χ1) is 60.6. The molecule has 6 aromatic rings. The Morgan fingerprint density at radius 1 is 0.375 bits per heavy atom. The van der Waals surface area contributed by atoms with Crippen LogP contribution in [0.2, 0.25) is 0 Å². The third-order valence-electron chi connectivity index (χ3n) is 24.4. The summed E-state index contributed by atoms with van der Waals surface area (Å²) in [5.41, 5.74) is 8.38. The summed E-state index contributed by atoms with van der Waals surface area (Å²) in [6, 6.07) is 25.8. The maximum Gasteiger partial charge on any atom is 0.417 e. The van der Waals surface area contributed by atoms with E-state index in [0.29, 0.717) is 46.1 Å². The Balaban J connectivity index is 1.01. The van der Waals surface area contributed by atoms with Crippen molar-refractivity contribution < 1.29 is 81.4 Å². The molecule has 4 aliphatic carbocycles. The maximum absolute atomic E-state index is 16.3. The van der Waals surface area contributed by atoms with E-state index in [9.17, 15) is 38.4 Å². The SMILES string of the molecule is CC(=O)N[C@@H](C)C(=O)N[C@@H](C)C(=O)NC(C)(C)C(=O)N[C@@H](C)C(=O)N(C(=O)OCC1c2ccccc2-c2ccccc21)[C@H](CP(=S)(c1ccccc1)c1ccccc1)C(=O)N[C@@H](C)C(=O)N[C@@H](C)C(=O)N(C(=O)OCC1c2ccccc2-c2ccccc21)[C@@H](CP(=S)(C1CCCCC1)C1CCCCC1)C(=O)N[C@@H](C)C(=O)N[C@@H](C)C(=O)NC(C)(C)C(=O)N[C@@H](C)C(N)=O. The molecule has 6 aromatic carbocycles. The number of hydrogen-bond donors (Lipinski definition) is 11. The molecule has 0 heterocycles. The molecule has 12 N–H and O–H groups in total. The fraction of sp³-hybridized carbons (Fsp3) is 0.457. The Kier molecular flexibility index (Phi) is 33.3. The number of rotatable bonds is 36. The van der Waals surface area contributed by atoms with Gasteiger partial charge in [-0.2, -0.15) is 0 Å². The summed E-state index contributed by atoms with van der Waals surface area (Å²) in [6.45, 7) is 16.5. The third kappa shape index (κ3) is 23.6. The van der Waals surface area contributed by atoms with Crippen LogP contribution < -0.4 is 69.5 Å². The van der Waals surface area contributed by atoms with Crippen molar-refractivity contribution in [3.05, 3.63) is 180 Å². The number of benzene rings is 6. The second kappa shape index (κ2) is 43.2. The monoisotopic (exact) mass is 1830 g/mol. The van der Waals surface area contributed by atoms with Gasteiger partial charge in [0.25, 0.3) is 11.8 Å². The molecule has 2 saturated carbocycles. The second-order valence-corrected chi connectivity index (χ2v) is 45.2. The maximum atomic E-state index is 16.3. The van der Waals surface area contributed by atoms with Gasteiger partial charge >= 0.3 is 12.2 Å². The molecule has 15 amide bonds. The zero-order chi connectivity index (χ0) is 93.4. The van der Waals surface area contributed by atoms with Crippen molar-refractivity contribution in [2.45, 2.75) is 249 Å². The number of amides is 15. The molecule has 0 unspecified atom stereocenters. The first-order valence-corrected chi connectivity index (χ1v) is 49.7. The topological polar surface area (TPSA) is 427 Å². The molecule has 30 nitrogen and oxygen atoms in total. The number of ether oxygens (including phenoxy) is 2. The number of nitrogens with two attached hydrogens (primary N) is 1. The first-order valence-electron chi connectivity index (χ1n) is 43.6. The zero-order valence-corrected chi connectivity index (χ0v) is 78.0. The Morgan fingerprint density at radius 2 is 0.664 bits per heavy atom. The van der Waals surface area contributed by atoms with E-state index >= 15 is 33.6 Å². The summed E-state index contributed by atoms with van der Waals surface area (Å²) in [5.74, 6) is -13.2. The van der Waals surface area contributed by atoms with Crippen LogP contribution in [0.1, 0.15) is 188 Å². The van der Waals surface area contributed by atoms with Gasteiger partial charge in [0.05, 0.1) is 0 Å². The second-order valence-electron chi connectivity index (χ2n) is 34.9. The fourth-order valence-electron chi connectivity index (χ4n) is 17.1. The smallest absolute Gasteiger partial charge is 0.417 e. The van der Waals surface area contributed by atoms with Crippen molar-refractivity contribution in [3.63, 3.8) is 0 Å². The van der Waals surface area contributed by atoms with Crippen LogP contribution in [0.3, 0.4) is 0 Å². The molecule has 0 bridgehead atoms. The van der Waals surface area contributed by atoms with Gasteiger partial charge in [0.2, 0.25) is 65.0 Å². The highest BCUT2D eigenvalue weighted by Gasteiger charge is 2.50. The molecular formula is C94H119N13O17P2S2. The number of hydrogen-bond acceptors (Lipinski definition) is 19. The van der Waals surface area contributed by atoms with Crippen LogP contribution in [0, 0.1) is 0 Å². The van der Waals surface area contributed by atoms with Crippen molar-refractivity contribution in [1.29, 1.82) is 0 Å². The van der Waals surface area contributed by atoms with Crippen LogP contribution in [-0.2, 0) is 95.4 Å². The average Bonchev–Trinajstić information content (AvgIpc) is 0.874. The van der Waals surface area contributed by atoms with Crippen molar-refractivity contribution in [2.75, 3.05) is 25.5 Å². The van der Waals surface area contributed by atoms with E-state index in [2.05, 4.69) is 53.2 Å². The molecule has 0 aliphatic heterocycles. The molecule has 2 fully saturated rings. The molecule has 10 rings (SSSR count). The Hall–Kier alpha value is -11.3. The van der Waals surface area contributed by atoms with Crippen LogP contribution >= 0.6 is 12.1 Å². The van der Waals surface area contributed by atoms with Crippen molar-refractivity contribution in [3.8, 4) is 22.3 Å². The van der Waals surface area contributed by atoms with Crippen LogP contribution in [0.5, 0.6) is 0 Å². The van der Waals surface area contributed by atoms with Crippen molar-refractivity contribution >= 4 is 135 Å². The zero-order valence-electron chi connectivity index (χ0n) is 74.6. The standard InChI is InChI=1S/C94H119N13O17P2S2/c1-54(79(95)109)102-89(119)93(10,11)104-84(114)59(6)98-81(111)56(3)99-85(115)77(52-125(127,63-34-18-14-19-35-63)64-36-20-15-21-37-64)106(91(121)123-50-75-71-46-30-26-42-67(71)68-43-27-31-47-72(68)75)87(117)60(7)101-82(112)57(4)100-86(116)78(53-126(128,65-38-22-16-23-39-65)66-40-24-17-25-41-66)107(92(122)124-51-76-73-48-32-28-44-69(73)70-45-29-33-49-74(70)76)88(118)61(8)103-90(120)94(12,13)105-83(113)58(5)97-80(110)55(2)96-62(9)108/h16-17,22-33,38-49,54-61,63-64,75-78H,14-15,18-21,34-37,50-53H2,1-13H3,(H2,95,109)(H,96,108)(H,97,110)(H,98,111)(H,99,115)(H,100,116)(H,101,112)(H,102,119)(H,103,120)(H,104,114)(H,105,113)/t54-,55-,56-,57-,58-,59-,60-,61-,77-,78+/m0/s1. The van der Waals surface area contributed by atoms with Gasteiger partial charge < -0.3 is 68.4 Å². The number of carbonyl (C=O) groups is 15. The average molecular weight is 1830 g/mol. The van der Waals surface area contributed by atoms with Crippen LogP contribution in [0.15, 0.2) is 158 Å². The van der Waals surface area contributed by atoms with E-state index in [4.69, 9.17) is 38.8 Å². The molecule has 684 valence electrons. The third-order valence-corrected chi connectivity index (χ3v) is 35.9. The number of imide groups is 2. The molecule has 128 heavy (non-hydrogen) atoms. The van der Waals surface area contributed by atoms with Crippen LogP contribution in [0.25, 0.3) is 22.3 Å². The van der Waals surface area contributed by atoms with Crippen molar-refractivity contribution in [2.24, 2.45) is 5.73 Å². The highest BCUT2D eigenvalue weighted by molar-refractivity contribution is 8.22. The van der Waals surface area contributed by atoms with Crippen LogP contribution in [-0.4, -0.2) is 207 Å². The fourth-order valence-corrected chi connectivity index (χ4v) is 27.3. The van der Waals surface area contributed by atoms with Crippen LogP contribution in [0.4, 0.5) is 9.59 Å². The predicted molar refractivity (Wildman–Crippen MR) is 496 cm³/mol. The molecule has 0 aromatic heterocycles. The quantitative estimate of drug-likeness (QED) is 0.0166. The minimum atomic E-state index is -3.50. The lowest BCUT2D eigenvalue weighted by Crippen LogP contribution is -2.64. The summed E-state index contributed by atoms with van der Waals surface area (Å²) in [5, 5.41) is 26.9. The summed E-state index contributed by atoms with van der Waals surface area (Å²) in [7, 11) is 0. The summed E-state index contributed by atoms with van der Waals surface area (Å²) < 4.78 is 12.7. The number of nitrogens with one attached hydrogen (secondary N) is 10. The molecule has 0 radical (unpaired) electrons. The largest absolute Gasteiger partial charge is 0.448 e. The Labute approximate surface area is 757 Å². The summed E-state index contributed by atoms with van der Waals surface area (Å²) in [4.78, 5) is 220. The van der Waals surface area contributed by atoms with E-state index in [1.165, 1.54) is 90.0 Å². The minimum Gasteiger partial charge on any atom is -0.448 e. The Bertz CT molecular complexity index is 5120. The lowest BCUT2D eigenvalue weighted by molar-refractivity contribution is -0.143. The number of primary amides is 1. The van der Waals surface area contributed by atoms with E-state index < -0.39 is 197 Å². The molecule has 34 heteroatoms. The highest BCUT2D eigenvalue weighted by Crippen LogP contribution is 2.64. The predicted octanol–water partition coefficient (Wildman–Crippen LogP) is 7.89. The van der Waals surface area contributed by atoms with Gasteiger partial charge in [0.1, 0.15) is 84.7 Å². The molecule has 0 spiro atoms. The van der Waals surface area contributed by atoms with E-state index in [-0.39, 0.29) is 24.1 Å². The van der Waals surface area contributed by atoms with Gasteiger partial charge in [-0.25, -0.2) is 19.4 Å². The molecular weight excluding hydrogens is 1710 g/mol. The van der Waals surface area contributed by atoms with Gasteiger partial charge in [-0.3, -0.25) is 62.3 Å². The van der Waals surface area contributed by atoms with E-state index in [1.807, 2.05) is 97.1 Å². The lowest BCUT2D eigenvalue weighted by atomic mass is 9.98. The lowest BCUT2D eigenvalue weighted by Gasteiger charge is -2.44. The number of fused-ring (bicyclic) bond motifs is 6. The van der Waals surface area contributed by atoms with Gasteiger partial charge in [-0.15, -0.1) is 0 Å². The summed E-state index contributed by atoms with van der Waals surface area (Å²) >= 11 is 13.9. The Morgan fingerprint density at radius 3 is 1.01 bits per heavy atom. The summed E-state index contributed by atoms with van der Waals surface area (Å²) in [6.07, 6.45) is 4.68.